The molecular formula is C25H21NO4. The van der Waals surface area contributed by atoms with Gasteiger partial charge in [-0.1, -0.05) is 29.8 Å². The number of benzene rings is 2. The molecule has 150 valence electrons. The Labute approximate surface area is 174 Å². The van der Waals surface area contributed by atoms with Gasteiger partial charge in [-0.3, -0.25) is 14.5 Å². The molecule has 30 heavy (non-hydrogen) atoms. The number of hydrogen-bond donors (Lipinski definition) is 0. The van der Waals surface area contributed by atoms with Crippen molar-refractivity contribution in [2.45, 2.75) is 13.3 Å². The molecule has 5 nitrogen and oxygen atoms in total. The van der Waals surface area contributed by atoms with Crippen LogP contribution in [-0.4, -0.2) is 17.8 Å². The number of rotatable bonds is 3. The minimum Gasteiger partial charge on any atom is -0.423 e. The topological polar surface area (TPSA) is 63.7 Å². The summed E-state index contributed by atoms with van der Waals surface area (Å²) >= 11 is 0. The molecule has 6 atom stereocenters. The second kappa shape index (κ2) is 6.14. The van der Waals surface area contributed by atoms with Crippen molar-refractivity contribution < 1.29 is 19.1 Å². The van der Waals surface area contributed by atoms with Crippen LogP contribution < -0.4 is 9.64 Å². The Morgan fingerprint density at radius 2 is 1.43 bits per heavy atom. The first-order valence-electron chi connectivity index (χ1n) is 10.5. The number of carbonyl (C=O) groups excluding carboxylic acids is 3. The van der Waals surface area contributed by atoms with E-state index in [-0.39, 0.29) is 35.5 Å². The molecular weight excluding hydrogens is 378 g/mol. The molecule has 5 aliphatic rings. The van der Waals surface area contributed by atoms with E-state index in [9.17, 15) is 14.4 Å². The van der Waals surface area contributed by atoms with Gasteiger partial charge in [0.25, 0.3) is 0 Å². The fraction of sp³-hybridized carbons (Fsp3) is 0.320. The molecule has 2 aromatic rings. The van der Waals surface area contributed by atoms with Crippen LogP contribution in [0.2, 0.25) is 0 Å². The molecule has 1 heterocycles. The molecule has 2 aromatic carbocycles. The van der Waals surface area contributed by atoms with Crippen molar-refractivity contribution in [3.05, 3.63) is 71.8 Å². The maximum Gasteiger partial charge on any atom is 0.343 e. The van der Waals surface area contributed by atoms with Gasteiger partial charge in [0, 0.05) is 0 Å². The first-order chi connectivity index (χ1) is 14.5. The summed E-state index contributed by atoms with van der Waals surface area (Å²) in [6, 6.07) is 13.8. The molecule has 0 unspecified atom stereocenters. The summed E-state index contributed by atoms with van der Waals surface area (Å²) in [5.41, 5.74) is 2.08. The predicted molar refractivity (Wildman–Crippen MR) is 110 cm³/mol. The van der Waals surface area contributed by atoms with Gasteiger partial charge in [0.1, 0.15) is 5.75 Å². The maximum absolute atomic E-state index is 13.2. The van der Waals surface area contributed by atoms with Crippen LogP contribution in [-0.2, 0) is 9.59 Å². The molecule has 0 aromatic heterocycles. The van der Waals surface area contributed by atoms with E-state index >= 15 is 0 Å². The van der Waals surface area contributed by atoms with Crippen molar-refractivity contribution in [3.63, 3.8) is 0 Å². The van der Waals surface area contributed by atoms with Gasteiger partial charge in [-0.05, 0) is 73.4 Å². The number of allylic oxidation sites excluding steroid dienone is 2. The highest BCUT2D eigenvalue weighted by Gasteiger charge is 2.67. The molecule has 2 amide bonds. The lowest BCUT2D eigenvalue weighted by Gasteiger charge is -2.37. The fourth-order valence-corrected chi connectivity index (χ4v) is 5.73. The number of hydrogen-bond acceptors (Lipinski definition) is 4. The van der Waals surface area contributed by atoms with Gasteiger partial charge in [-0.25, -0.2) is 4.79 Å². The molecule has 0 N–H and O–H groups in total. The van der Waals surface area contributed by atoms with Gasteiger partial charge in [0.05, 0.1) is 23.1 Å². The van der Waals surface area contributed by atoms with Crippen LogP contribution in [0.4, 0.5) is 5.69 Å². The zero-order valence-electron chi connectivity index (χ0n) is 16.5. The van der Waals surface area contributed by atoms with Gasteiger partial charge in [-0.15, -0.1) is 0 Å². The number of carbonyl (C=O) groups is 3. The Balaban J connectivity index is 1.22. The van der Waals surface area contributed by atoms with Crippen molar-refractivity contribution in [2.24, 2.45) is 35.5 Å². The average molecular weight is 399 g/mol. The zero-order chi connectivity index (χ0) is 20.6. The minimum atomic E-state index is -0.441. The van der Waals surface area contributed by atoms with Crippen molar-refractivity contribution >= 4 is 23.5 Å². The lowest BCUT2D eigenvalue weighted by atomic mass is 9.63. The van der Waals surface area contributed by atoms with Gasteiger partial charge in [0.2, 0.25) is 11.8 Å². The normalized spacial score (nSPS) is 32.8. The smallest absolute Gasteiger partial charge is 0.343 e. The molecule has 3 fully saturated rings. The second-order valence-corrected chi connectivity index (χ2v) is 8.92. The quantitative estimate of drug-likeness (QED) is 0.341. The van der Waals surface area contributed by atoms with Gasteiger partial charge in [-0.2, -0.15) is 0 Å². The van der Waals surface area contributed by atoms with E-state index in [4.69, 9.17) is 4.74 Å². The van der Waals surface area contributed by atoms with E-state index in [0.29, 0.717) is 28.8 Å². The molecule has 1 aliphatic heterocycles. The maximum atomic E-state index is 13.2. The number of nitrogens with zero attached hydrogens (tertiary/aromatic N) is 1. The summed E-state index contributed by atoms with van der Waals surface area (Å²) < 4.78 is 5.43. The molecule has 4 aliphatic carbocycles. The standard InChI is InChI=1S/C25H21NO4/c1-13-2-4-14(5-3-13)25(29)30-16-8-6-15(7-9-16)26-23(27)21-17-10-11-18(20-12-19(17)20)22(21)24(26)28/h2-11,17-22H,12H2,1H3/t17-,18-,19-,20-,21-,22+/m1/s1. The Hall–Kier alpha value is -3.21. The first kappa shape index (κ1) is 17.6. The number of aryl methyl sites for hydroxylation is 1. The molecule has 5 heteroatoms. The summed E-state index contributed by atoms with van der Waals surface area (Å²) in [5.74, 6) is 0.932. The van der Waals surface area contributed by atoms with Crippen molar-refractivity contribution in [2.75, 3.05) is 4.90 Å². The van der Waals surface area contributed by atoms with Crippen LogP contribution in [0.3, 0.4) is 0 Å². The molecule has 2 bridgehead atoms. The van der Waals surface area contributed by atoms with Crippen LogP contribution in [0.5, 0.6) is 5.75 Å². The van der Waals surface area contributed by atoms with Gasteiger partial charge < -0.3 is 4.74 Å². The van der Waals surface area contributed by atoms with Crippen LogP contribution in [0.1, 0.15) is 22.3 Å². The van der Waals surface area contributed by atoms with Crippen LogP contribution in [0.15, 0.2) is 60.7 Å². The molecule has 1 saturated heterocycles. The Morgan fingerprint density at radius 1 is 0.867 bits per heavy atom. The summed E-state index contributed by atoms with van der Waals surface area (Å²) in [6.07, 6.45) is 5.49. The van der Waals surface area contributed by atoms with Crippen LogP contribution in [0, 0.1) is 42.4 Å². The molecule has 2 saturated carbocycles. The zero-order valence-corrected chi connectivity index (χ0v) is 16.5. The number of amides is 2. The van der Waals surface area contributed by atoms with E-state index in [2.05, 4.69) is 12.2 Å². The largest absolute Gasteiger partial charge is 0.423 e. The number of anilines is 1. The highest BCUT2D eigenvalue weighted by atomic mass is 16.5. The second-order valence-electron chi connectivity index (χ2n) is 8.92. The van der Waals surface area contributed by atoms with Crippen LogP contribution in [0.25, 0.3) is 0 Å². The third-order valence-electron chi connectivity index (χ3n) is 7.26. The third-order valence-corrected chi connectivity index (χ3v) is 7.26. The van der Waals surface area contributed by atoms with Gasteiger partial charge >= 0.3 is 5.97 Å². The Morgan fingerprint density at radius 3 is 2.00 bits per heavy atom. The fourth-order valence-electron chi connectivity index (χ4n) is 5.73. The van der Waals surface area contributed by atoms with E-state index in [0.717, 1.165) is 12.0 Å². The summed E-state index contributed by atoms with van der Waals surface area (Å²) in [7, 11) is 0. The van der Waals surface area contributed by atoms with E-state index < -0.39 is 5.97 Å². The number of ether oxygens (including phenoxy) is 1. The number of imide groups is 1. The lowest BCUT2D eigenvalue weighted by Crippen LogP contribution is -2.40. The van der Waals surface area contributed by atoms with E-state index in [1.54, 1.807) is 36.4 Å². The SMILES string of the molecule is Cc1ccc(C(=O)Oc2ccc(N3C(=O)[C@@H]4[C@@H]5C=C[C@H]([C@H]6C[C@H]56)[C@@H]4C3=O)cc2)cc1. The number of esters is 1. The predicted octanol–water partition coefficient (Wildman–Crippen LogP) is 3.77. The summed E-state index contributed by atoms with van der Waals surface area (Å²) in [4.78, 5) is 40.0. The molecule has 0 spiro atoms. The summed E-state index contributed by atoms with van der Waals surface area (Å²) in [5, 5.41) is 0. The first-order valence-corrected chi connectivity index (χ1v) is 10.5. The van der Waals surface area contributed by atoms with Crippen molar-refractivity contribution in [1.82, 2.24) is 0 Å². The van der Waals surface area contributed by atoms with Crippen molar-refractivity contribution in [1.29, 1.82) is 0 Å². The minimum absolute atomic E-state index is 0.0842. The monoisotopic (exact) mass is 399 g/mol. The van der Waals surface area contributed by atoms with Crippen LogP contribution >= 0.6 is 0 Å². The Bertz CT molecular complexity index is 1060. The molecule has 7 rings (SSSR count). The van der Waals surface area contributed by atoms with E-state index in [1.807, 2.05) is 19.1 Å². The van der Waals surface area contributed by atoms with E-state index in [1.165, 1.54) is 4.90 Å². The molecule has 0 radical (unpaired) electrons. The van der Waals surface area contributed by atoms with Crippen molar-refractivity contribution in [3.8, 4) is 5.75 Å². The third kappa shape index (κ3) is 2.44. The lowest BCUT2D eigenvalue weighted by molar-refractivity contribution is -0.124. The van der Waals surface area contributed by atoms with Gasteiger partial charge in [0.15, 0.2) is 0 Å². The highest BCUT2D eigenvalue weighted by molar-refractivity contribution is 6.22. The Kier molecular flexibility index (Phi) is 3.61. The average Bonchev–Trinajstić information content (AvgIpc) is 3.53. The highest BCUT2D eigenvalue weighted by Crippen LogP contribution is 2.65. The summed E-state index contributed by atoms with van der Waals surface area (Å²) in [6.45, 7) is 1.95.